The largest absolute Gasteiger partial charge is 0.486 e. The average molecular weight is 560 g/mol. The lowest BCUT2D eigenvalue weighted by atomic mass is 9.96. The second-order valence-corrected chi connectivity index (χ2v) is 10.4. The Hall–Kier alpha value is -4.14. The van der Waals surface area contributed by atoms with Crippen molar-refractivity contribution in [1.82, 2.24) is 24.9 Å². The van der Waals surface area contributed by atoms with Crippen LogP contribution in [0.4, 0.5) is 0 Å². The summed E-state index contributed by atoms with van der Waals surface area (Å²) in [5, 5.41) is 6.93. The summed E-state index contributed by atoms with van der Waals surface area (Å²) in [6, 6.07) is 23.6. The lowest BCUT2D eigenvalue weighted by Gasteiger charge is -2.18. The molecule has 2 N–H and O–H groups in total. The molecule has 0 saturated heterocycles. The summed E-state index contributed by atoms with van der Waals surface area (Å²) < 4.78 is 7.23. The monoisotopic (exact) mass is 559 g/mol. The van der Waals surface area contributed by atoms with E-state index in [0.717, 1.165) is 24.0 Å². The minimum absolute atomic E-state index is 0.0493. The summed E-state index contributed by atoms with van der Waals surface area (Å²) in [5.41, 5.74) is 2.08. The van der Waals surface area contributed by atoms with Crippen LogP contribution in [-0.2, 0) is 12.0 Å². The van der Waals surface area contributed by atoms with E-state index in [2.05, 4.69) is 20.4 Å². The number of carbonyl (C=O) groups is 1. The maximum absolute atomic E-state index is 13.3. The van der Waals surface area contributed by atoms with Gasteiger partial charge in [-0.25, -0.2) is 4.98 Å². The number of nitrogens with one attached hydrogen (secondary N) is 2. The molecule has 0 aliphatic heterocycles. The molecular formula is C29H23Cl2N5O3. The molecule has 0 atom stereocenters. The smallest absolute Gasteiger partial charge is 0.274 e. The van der Waals surface area contributed by atoms with E-state index in [0.29, 0.717) is 28.8 Å². The van der Waals surface area contributed by atoms with E-state index >= 15 is 0 Å². The van der Waals surface area contributed by atoms with Gasteiger partial charge in [-0.15, -0.1) is 0 Å². The topological polar surface area (TPSA) is 101 Å². The van der Waals surface area contributed by atoms with Gasteiger partial charge < -0.3 is 10.1 Å². The molecule has 3 aromatic carbocycles. The average Bonchev–Trinajstić information content (AvgIpc) is 3.61. The number of aromatic amines is 1. The number of hydrogen-bond donors (Lipinski definition) is 2. The summed E-state index contributed by atoms with van der Waals surface area (Å²) in [7, 11) is 0. The lowest BCUT2D eigenvalue weighted by molar-refractivity contribution is 0.0945. The fourth-order valence-electron chi connectivity index (χ4n) is 4.60. The molecule has 10 heteroatoms. The zero-order chi connectivity index (χ0) is 27.0. The zero-order valence-electron chi connectivity index (χ0n) is 20.7. The minimum atomic E-state index is -0.341. The van der Waals surface area contributed by atoms with Crippen LogP contribution in [0.5, 0.6) is 5.75 Å². The van der Waals surface area contributed by atoms with Crippen molar-refractivity contribution < 1.29 is 9.53 Å². The van der Waals surface area contributed by atoms with Crippen LogP contribution in [0.1, 0.15) is 34.5 Å². The van der Waals surface area contributed by atoms with Crippen LogP contribution in [-0.4, -0.2) is 32.0 Å². The van der Waals surface area contributed by atoms with Crippen LogP contribution in [0.25, 0.3) is 17.2 Å². The molecule has 0 spiro atoms. The number of carbonyl (C=O) groups excluding carboxylic acids is 1. The molecule has 2 aromatic heterocycles. The molecule has 1 fully saturated rings. The minimum Gasteiger partial charge on any atom is -0.486 e. The fourth-order valence-corrected chi connectivity index (χ4v) is 5.04. The molecule has 1 aliphatic carbocycles. The molecule has 8 nitrogen and oxygen atoms in total. The molecule has 1 aliphatic rings. The van der Waals surface area contributed by atoms with E-state index in [4.69, 9.17) is 27.9 Å². The quantitative estimate of drug-likeness (QED) is 0.264. The van der Waals surface area contributed by atoms with Gasteiger partial charge in [0.1, 0.15) is 12.4 Å². The van der Waals surface area contributed by atoms with Crippen molar-refractivity contribution >= 4 is 34.9 Å². The number of benzene rings is 3. The van der Waals surface area contributed by atoms with Crippen molar-refractivity contribution in [2.45, 2.75) is 24.9 Å². The van der Waals surface area contributed by atoms with E-state index in [1.54, 1.807) is 18.2 Å². The highest BCUT2D eigenvalue weighted by atomic mass is 35.5. The Morgan fingerprint density at radius 1 is 1.00 bits per heavy atom. The van der Waals surface area contributed by atoms with Crippen molar-refractivity contribution in [2.24, 2.45) is 0 Å². The van der Waals surface area contributed by atoms with E-state index < -0.39 is 0 Å². The van der Waals surface area contributed by atoms with Crippen LogP contribution >= 0.6 is 23.2 Å². The van der Waals surface area contributed by atoms with Crippen LogP contribution in [0.2, 0.25) is 10.0 Å². The number of ether oxygens (including phenoxy) is 1. The van der Waals surface area contributed by atoms with E-state index in [1.807, 2.05) is 54.6 Å². The summed E-state index contributed by atoms with van der Waals surface area (Å²) in [6.07, 6.45) is 1.92. The molecule has 39 heavy (non-hydrogen) atoms. The highest BCUT2D eigenvalue weighted by molar-refractivity contribution is 6.34. The van der Waals surface area contributed by atoms with Gasteiger partial charge in [-0.3, -0.25) is 14.7 Å². The predicted molar refractivity (Wildman–Crippen MR) is 150 cm³/mol. The van der Waals surface area contributed by atoms with Gasteiger partial charge in [-0.1, -0.05) is 71.7 Å². The summed E-state index contributed by atoms with van der Waals surface area (Å²) >= 11 is 12.6. The first-order valence-electron chi connectivity index (χ1n) is 12.4. The van der Waals surface area contributed by atoms with Crippen LogP contribution in [0, 0.1) is 0 Å². The van der Waals surface area contributed by atoms with Gasteiger partial charge in [0, 0.05) is 28.6 Å². The molecular weight excluding hydrogens is 537 g/mol. The molecule has 5 aromatic rings. The molecule has 0 bridgehead atoms. The Balaban J connectivity index is 1.19. The van der Waals surface area contributed by atoms with Gasteiger partial charge in [-0.05, 0) is 42.7 Å². The van der Waals surface area contributed by atoms with Crippen molar-refractivity contribution in [1.29, 1.82) is 0 Å². The Kier molecular flexibility index (Phi) is 6.58. The first-order valence-corrected chi connectivity index (χ1v) is 13.2. The van der Waals surface area contributed by atoms with Crippen LogP contribution in [0.3, 0.4) is 0 Å². The van der Waals surface area contributed by atoms with E-state index in [9.17, 15) is 9.59 Å². The lowest BCUT2D eigenvalue weighted by Crippen LogP contribution is -2.32. The zero-order valence-corrected chi connectivity index (χ0v) is 22.2. The van der Waals surface area contributed by atoms with Crippen LogP contribution < -0.4 is 15.6 Å². The standard InChI is InChI=1S/C29H23Cl2N5O3/c30-20-9-4-8-19(14-20)29(12-13-29)17-32-27(38)25-22(31)10-5-11-23(25)39-16-21-15-24(37)36-28(33-21)34-26(35-36)18-6-2-1-3-7-18/h1-11,14-15H,12-13,16-17H2,(H,32,38)(H,33,34,35). The number of hydrogen-bond acceptors (Lipinski definition) is 5. The van der Waals surface area contributed by atoms with Crippen molar-refractivity contribution in [3.63, 3.8) is 0 Å². The van der Waals surface area contributed by atoms with Gasteiger partial charge >= 0.3 is 0 Å². The number of fused-ring (bicyclic) bond motifs is 1. The highest BCUT2D eigenvalue weighted by Gasteiger charge is 2.44. The van der Waals surface area contributed by atoms with Gasteiger partial charge in [0.2, 0.25) is 0 Å². The second kappa shape index (κ2) is 10.2. The maximum Gasteiger partial charge on any atom is 0.274 e. The van der Waals surface area contributed by atoms with Gasteiger partial charge in [0.25, 0.3) is 17.2 Å². The van der Waals surface area contributed by atoms with Gasteiger partial charge in [-0.2, -0.15) is 9.50 Å². The van der Waals surface area contributed by atoms with Crippen LogP contribution in [0.15, 0.2) is 83.7 Å². The number of aromatic nitrogens is 4. The van der Waals surface area contributed by atoms with Crippen molar-refractivity contribution in [3.05, 3.63) is 116 Å². The molecule has 0 unspecified atom stereocenters. The van der Waals surface area contributed by atoms with Crippen molar-refractivity contribution in [3.8, 4) is 17.1 Å². The highest BCUT2D eigenvalue weighted by Crippen LogP contribution is 2.48. The number of nitrogens with zero attached hydrogens (tertiary/aromatic N) is 3. The Morgan fingerprint density at radius 3 is 2.56 bits per heavy atom. The second-order valence-electron chi connectivity index (χ2n) is 9.53. The summed E-state index contributed by atoms with van der Waals surface area (Å²) in [6.45, 7) is 0.404. The third-order valence-corrected chi connectivity index (χ3v) is 7.44. The Labute approximate surface area is 233 Å². The number of H-pyrrole nitrogens is 1. The normalized spacial score (nSPS) is 13.8. The molecule has 0 radical (unpaired) electrons. The molecule has 1 amide bonds. The number of rotatable bonds is 8. The predicted octanol–water partition coefficient (Wildman–Crippen LogP) is 5.43. The van der Waals surface area contributed by atoms with E-state index in [1.165, 1.54) is 10.6 Å². The Morgan fingerprint density at radius 2 is 1.79 bits per heavy atom. The molecule has 2 heterocycles. The maximum atomic E-state index is 13.3. The molecule has 6 rings (SSSR count). The number of halogens is 2. The number of amides is 1. The summed E-state index contributed by atoms with van der Waals surface area (Å²) in [4.78, 5) is 34.9. The fraction of sp³-hybridized carbons (Fsp3) is 0.172. The molecule has 1 saturated carbocycles. The first kappa shape index (κ1) is 25.2. The van der Waals surface area contributed by atoms with E-state index in [-0.39, 0.29) is 39.9 Å². The third-order valence-electron chi connectivity index (χ3n) is 6.89. The SMILES string of the molecule is O=C(NCC1(c2cccc(Cl)c2)CC1)c1c(Cl)cccc1OCc1cc(=O)n2[nH]c(-c3ccccc3)nc2n1. The third kappa shape index (κ3) is 5.13. The van der Waals surface area contributed by atoms with Crippen molar-refractivity contribution in [2.75, 3.05) is 6.54 Å². The summed E-state index contributed by atoms with van der Waals surface area (Å²) in [5.74, 6) is 0.701. The van der Waals surface area contributed by atoms with Gasteiger partial charge in [0.15, 0.2) is 5.82 Å². The molecule has 196 valence electrons. The van der Waals surface area contributed by atoms with Gasteiger partial charge in [0.05, 0.1) is 16.3 Å². The first-order chi connectivity index (χ1) is 18.9. The Bertz CT molecular complexity index is 1750.